The Morgan fingerprint density at radius 3 is 2.21 bits per heavy atom. The number of furan rings is 1. The van der Waals surface area contributed by atoms with E-state index in [4.69, 9.17) is 14.4 Å². The van der Waals surface area contributed by atoms with E-state index >= 15 is 0 Å². The summed E-state index contributed by atoms with van der Waals surface area (Å²) in [6, 6.07) is 21.2. The van der Waals surface area contributed by atoms with E-state index in [9.17, 15) is 0 Å². The average molecular weight is 444 g/mol. The Bertz CT molecular complexity index is 1520. The summed E-state index contributed by atoms with van der Waals surface area (Å²) in [7, 11) is 4.60. The van der Waals surface area contributed by atoms with E-state index < -0.39 is 0 Å². The molecule has 0 fully saturated rings. The first-order valence-corrected chi connectivity index (χ1v) is 11.9. The van der Waals surface area contributed by atoms with E-state index in [-0.39, 0.29) is 10.6 Å². The summed E-state index contributed by atoms with van der Waals surface area (Å²) in [5.41, 5.74) is 9.34. The summed E-state index contributed by atoms with van der Waals surface area (Å²) in [5.74, 6) is 0. The molecule has 5 rings (SSSR count). The van der Waals surface area contributed by atoms with Crippen molar-refractivity contribution in [3.8, 4) is 22.5 Å². The topological polar surface area (TPSA) is 38.9 Å². The van der Waals surface area contributed by atoms with E-state index in [1.807, 2.05) is 6.20 Å². The molecule has 0 saturated heterocycles. The van der Waals surface area contributed by atoms with Crippen LogP contribution in [0.1, 0.15) is 37.5 Å². The molecule has 0 radical (unpaired) electrons. The number of benzene rings is 2. The second-order valence-electron chi connectivity index (χ2n) is 10.9. The molecular formula is C29H30B2N2O. The Balaban J connectivity index is 1.68. The standard InChI is InChI=1S/C29H30B2N2O/c1-17-8-6-9-18(2)25(17)23-13-12-21-20-10-7-11-22(26(20)34-27(21)33-23)24-16-19(14-15-32-24)29(30,31)28(3,4)5/h6-16H,30-31H2,1-5H3. The van der Waals surface area contributed by atoms with Gasteiger partial charge in [-0.1, -0.05) is 61.9 Å². The lowest BCUT2D eigenvalue weighted by molar-refractivity contribution is 0.358. The minimum Gasteiger partial charge on any atom is -0.437 e. The summed E-state index contributed by atoms with van der Waals surface area (Å²) < 4.78 is 6.42. The van der Waals surface area contributed by atoms with Crippen molar-refractivity contribution in [1.29, 1.82) is 0 Å². The third-order valence-electron chi connectivity index (χ3n) is 7.73. The van der Waals surface area contributed by atoms with Crippen molar-refractivity contribution in [3.63, 3.8) is 0 Å². The normalized spacial score (nSPS) is 12.5. The first kappa shape index (κ1) is 22.5. The zero-order valence-corrected chi connectivity index (χ0v) is 21.2. The highest BCUT2D eigenvalue weighted by Gasteiger charge is 2.34. The van der Waals surface area contributed by atoms with E-state index in [1.165, 1.54) is 22.3 Å². The van der Waals surface area contributed by atoms with Crippen molar-refractivity contribution >= 4 is 37.8 Å². The van der Waals surface area contributed by atoms with Gasteiger partial charge in [0.15, 0.2) is 0 Å². The first-order valence-electron chi connectivity index (χ1n) is 11.9. The third kappa shape index (κ3) is 3.55. The number of hydrogen-bond donors (Lipinski definition) is 0. The Labute approximate surface area is 203 Å². The largest absolute Gasteiger partial charge is 0.437 e. The summed E-state index contributed by atoms with van der Waals surface area (Å²) in [6.45, 7) is 11.1. The van der Waals surface area contributed by atoms with Crippen molar-refractivity contribution in [2.24, 2.45) is 5.41 Å². The fraction of sp³-hybridized carbons (Fsp3) is 0.241. The predicted octanol–water partition coefficient (Wildman–Crippen LogP) is 5.79. The van der Waals surface area contributed by atoms with Gasteiger partial charge in [0.2, 0.25) is 5.71 Å². The number of rotatable bonds is 3. The number of fused-ring (bicyclic) bond motifs is 3. The molecule has 2 aromatic carbocycles. The van der Waals surface area contributed by atoms with Crippen LogP contribution in [0.5, 0.6) is 0 Å². The summed E-state index contributed by atoms with van der Waals surface area (Å²) in [5, 5.41) is 2.09. The molecule has 0 N–H and O–H groups in total. The van der Waals surface area contributed by atoms with Crippen molar-refractivity contribution in [1.82, 2.24) is 9.97 Å². The van der Waals surface area contributed by atoms with Gasteiger partial charge in [-0.3, -0.25) is 4.98 Å². The molecule has 5 aromatic rings. The predicted molar refractivity (Wildman–Crippen MR) is 148 cm³/mol. The van der Waals surface area contributed by atoms with Crippen molar-refractivity contribution in [2.45, 2.75) is 39.8 Å². The van der Waals surface area contributed by atoms with E-state index in [2.05, 4.69) is 111 Å². The van der Waals surface area contributed by atoms with Crippen LogP contribution < -0.4 is 0 Å². The lowest BCUT2D eigenvalue weighted by Crippen LogP contribution is -2.41. The average Bonchev–Trinajstić information content (AvgIpc) is 3.16. The molecule has 0 aliphatic carbocycles. The zero-order chi connectivity index (χ0) is 24.3. The maximum absolute atomic E-state index is 6.42. The number of hydrogen-bond acceptors (Lipinski definition) is 3. The van der Waals surface area contributed by atoms with Gasteiger partial charge in [-0.05, 0) is 60.7 Å². The molecule has 3 nitrogen and oxygen atoms in total. The number of aromatic nitrogens is 2. The summed E-state index contributed by atoms with van der Waals surface area (Å²) in [4.78, 5) is 9.67. The molecular weight excluding hydrogens is 414 g/mol. The van der Waals surface area contributed by atoms with Gasteiger partial charge in [0.25, 0.3) is 0 Å². The molecule has 0 aliphatic heterocycles. The highest BCUT2D eigenvalue weighted by atomic mass is 16.3. The molecule has 0 atom stereocenters. The first-order chi connectivity index (χ1) is 16.1. The highest BCUT2D eigenvalue weighted by molar-refractivity contribution is 6.40. The Morgan fingerprint density at radius 2 is 1.50 bits per heavy atom. The Hall–Kier alpha value is -3.33. The van der Waals surface area contributed by atoms with Gasteiger partial charge >= 0.3 is 0 Å². The van der Waals surface area contributed by atoms with Crippen LogP contribution in [0, 0.1) is 19.3 Å². The molecule has 3 heterocycles. The molecule has 0 spiro atoms. The quantitative estimate of drug-likeness (QED) is 0.331. The van der Waals surface area contributed by atoms with Crippen molar-refractivity contribution in [2.75, 3.05) is 0 Å². The molecule has 0 aliphatic rings. The highest BCUT2D eigenvalue weighted by Crippen LogP contribution is 2.39. The van der Waals surface area contributed by atoms with E-state index in [0.29, 0.717) is 5.71 Å². The van der Waals surface area contributed by atoms with Crippen LogP contribution in [0.4, 0.5) is 0 Å². The Kier molecular flexibility index (Phi) is 5.20. The van der Waals surface area contributed by atoms with Crippen LogP contribution in [0.3, 0.4) is 0 Å². The van der Waals surface area contributed by atoms with Crippen LogP contribution in [-0.4, -0.2) is 25.7 Å². The number of pyridine rings is 2. The molecule has 168 valence electrons. The van der Waals surface area contributed by atoms with E-state index in [0.717, 1.165) is 33.3 Å². The van der Waals surface area contributed by atoms with Gasteiger partial charge < -0.3 is 4.42 Å². The van der Waals surface area contributed by atoms with Crippen LogP contribution >= 0.6 is 0 Å². The monoisotopic (exact) mass is 444 g/mol. The molecule has 0 amide bonds. The minimum atomic E-state index is -0.00563. The molecule has 0 saturated carbocycles. The molecule has 34 heavy (non-hydrogen) atoms. The smallest absolute Gasteiger partial charge is 0.227 e. The maximum atomic E-state index is 6.42. The van der Waals surface area contributed by atoms with Gasteiger partial charge in [0, 0.05) is 28.1 Å². The third-order valence-corrected chi connectivity index (χ3v) is 7.73. The molecule has 0 unspecified atom stereocenters. The minimum absolute atomic E-state index is 0.00563. The van der Waals surface area contributed by atoms with Gasteiger partial charge in [-0.15, -0.1) is 0 Å². The number of para-hydroxylation sites is 1. The van der Waals surface area contributed by atoms with E-state index in [1.54, 1.807) is 0 Å². The van der Waals surface area contributed by atoms with Crippen LogP contribution in [0.2, 0.25) is 0 Å². The number of aryl methyl sites for hydroxylation is 2. The van der Waals surface area contributed by atoms with Crippen LogP contribution in [0.15, 0.2) is 71.3 Å². The van der Waals surface area contributed by atoms with Crippen molar-refractivity contribution < 1.29 is 4.42 Å². The van der Waals surface area contributed by atoms with Crippen molar-refractivity contribution in [3.05, 3.63) is 83.6 Å². The molecule has 0 bridgehead atoms. The van der Waals surface area contributed by atoms with Gasteiger partial charge in [0.05, 0.1) is 11.4 Å². The molecule has 3 aromatic heterocycles. The molecule has 5 heteroatoms. The van der Waals surface area contributed by atoms with Gasteiger partial charge in [-0.2, -0.15) is 0 Å². The van der Waals surface area contributed by atoms with Gasteiger partial charge in [-0.25, -0.2) is 4.98 Å². The fourth-order valence-electron chi connectivity index (χ4n) is 4.64. The summed E-state index contributed by atoms with van der Waals surface area (Å²) in [6.07, 6.45) is 1.91. The fourth-order valence-corrected chi connectivity index (χ4v) is 4.64. The van der Waals surface area contributed by atoms with Crippen LogP contribution in [-0.2, 0) is 5.21 Å². The number of nitrogens with zero attached hydrogens (tertiary/aromatic N) is 2. The lowest BCUT2D eigenvalue weighted by atomic mass is 9.41. The van der Waals surface area contributed by atoms with Crippen LogP contribution in [0.25, 0.3) is 44.6 Å². The summed E-state index contributed by atoms with van der Waals surface area (Å²) >= 11 is 0. The maximum Gasteiger partial charge on any atom is 0.227 e. The Morgan fingerprint density at radius 1 is 0.794 bits per heavy atom. The zero-order valence-electron chi connectivity index (χ0n) is 21.2. The SMILES string of the molecule is BC(B)(c1ccnc(-c2cccc3c2oc2nc(-c4c(C)cccc4C)ccc23)c1)C(C)(C)C. The van der Waals surface area contributed by atoms with Gasteiger partial charge in [0.1, 0.15) is 21.3 Å². The lowest BCUT2D eigenvalue weighted by Gasteiger charge is -2.40. The second kappa shape index (κ2) is 7.87. The second-order valence-corrected chi connectivity index (χ2v) is 10.9.